The van der Waals surface area contributed by atoms with Gasteiger partial charge in [-0.15, -0.1) is 0 Å². The minimum Gasteiger partial charge on any atom is -0.507 e. The Morgan fingerprint density at radius 2 is 2.00 bits per heavy atom. The van der Waals surface area contributed by atoms with Gasteiger partial charge in [0.05, 0.1) is 6.61 Å². The van der Waals surface area contributed by atoms with Crippen molar-refractivity contribution in [1.29, 1.82) is 0 Å². The van der Waals surface area contributed by atoms with Crippen molar-refractivity contribution in [2.45, 2.75) is 58.6 Å². The lowest BCUT2D eigenvalue weighted by molar-refractivity contribution is -0.159. The lowest BCUT2D eigenvalue weighted by atomic mass is 10.1. The highest BCUT2D eigenvalue weighted by Gasteiger charge is 2.34. The van der Waals surface area contributed by atoms with E-state index in [1.165, 1.54) is 10.8 Å². The van der Waals surface area contributed by atoms with Crippen molar-refractivity contribution in [3.8, 4) is 5.75 Å². The van der Waals surface area contributed by atoms with Gasteiger partial charge in [0.1, 0.15) is 23.0 Å². The van der Waals surface area contributed by atoms with Gasteiger partial charge < -0.3 is 19.1 Å². The highest BCUT2D eigenvalue weighted by atomic mass is 16.6. The molecule has 1 aromatic rings. The number of carbonyl (C=O) groups excluding carboxylic acids is 2. The first-order valence-corrected chi connectivity index (χ1v) is 8.47. The fraction of sp³-hybridized carbons (Fsp3) is 0.611. The Bertz CT molecular complexity index is 711. The largest absolute Gasteiger partial charge is 0.507 e. The summed E-state index contributed by atoms with van der Waals surface area (Å²) in [5, 5.41) is 9.88. The van der Waals surface area contributed by atoms with E-state index in [2.05, 4.69) is 0 Å². The van der Waals surface area contributed by atoms with Crippen LogP contribution in [0.3, 0.4) is 0 Å². The van der Waals surface area contributed by atoms with E-state index in [-0.39, 0.29) is 12.2 Å². The number of nitrogens with zero attached hydrogens (tertiary/aromatic N) is 1. The summed E-state index contributed by atoms with van der Waals surface area (Å²) >= 11 is 0. The molecule has 1 saturated carbocycles. The van der Waals surface area contributed by atoms with Crippen LogP contribution in [-0.2, 0) is 14.3 Å². The molecule has 1 atom stereocenters. The van der Waals surface area contributed by atoms with Gasteiger partial charge in [0, 0.05) is 12.3 Å². The highest BCUT2D eigenvalue weighted by Crippen LogP contribution is 2.37. The van der Waals surface area contributed by atoms with Crippen LogP contribution in [0.25, 0.3) is 0 Å². The Morgan fingerprint density at radius 3 is 2.52 bits per heavy atom. The quantitative estimate of drug-likeness (QED) is 0.791. The van der Waals surface area contributed by atoms with Gasteiger partial charge in [0.2, 0.25) is 0 Å². The smallest absolute Gasteiger partial charge is 0.343 e. The molecule has 1 N–H and O–H groups in total. The second-order valence-corrected chi connectivity index (χ2v) is 7.27. The van der Waals surface area contributed by atoms with Crippen LogP contribution in [0.4, 0.5) is 0 Å². The molecule has 1 fully saturated rings. The zero-order chi connectivity index (χ0) is 18.8. The highest BCUT2D eigenvalue weighted by molar-refractivity contribution is 5.92. The van der Waals surface area contributed by atoms with Gasteiger partial charge in [-0.05, 0) is 40.0 Å². The molecule has 2 rings (SSSR count). The number of aromatic hydroxyl groups is 1. The van der Waals surface area contributed by atoms with Crippen LogP contribution >= 0.6 is 0 Å². The molecule has 7 heteroatoms. The van der Waals surface area contributed by atoms with E-state index in [9.17, 15) is 19.5 Å². The number of hydrogen-bond donors (Lipinski definition) is 1. The topological polar surface area (TPSA) is 94.8 Å². The molecule has 0 aromatic carbocycles. The van der Waals surface area contributed by atoms with Crippen molar-refractivity contribution < 1.29 is 24.2 Å². The maximum absolute atomic E-state index is 12.6. The Labute approximate surface area is 146 Å². The summed E-state index contributed by atoms with van der Waals surface area (Å²) in [6.45, 7) is 7.03. The van der Waals surface area contributed by atoms with E-state index in [1.807, 2.05) is 0 Å². The Balaban J connectivity index is 2.41. The average Bonchev–Trinajstić information content (AvgIpc) is 3.27. The van der Waals surface area contributed by atoms with E-state index >= 15 is 0 Å². The van der Waals surface area contributed by atoms with Crippen LogP contribution in [-0.4, -0.2) is 33.8 Å². The van der Waals surface area contributed by atoms with Crippen LogP contribution in [0.15, 0.2) is 17.1 Å². The maximum atomic E-state index is 12.6. The minimum atomic E-state index is -0.840. The van der Waals surface area contributed by atoms with Crippen molar-refractivity contribution in [3.63, 3.8) is 0 Å². The third-order valence-electron chi connectivity index (χ3n) is 3.82. The van der Waals surface area contributed by atoms with Gasteiger partial charge in [-0.2, -0.15) is 0 Å². The van der Waals surface area contributed by atoms with E-state index < -0.39 is 34.9 Å². The molecule has 25 heavy (non-hydrogen) atoms. The SMILES string of the molecule is CCOC(=O)c1cn([C@@H](CC2CC2)C(=O)OC(C)(C)C)c(=O)cc1O. The fourth-order valence-corrected chi connectivity index (χ4v) is 2.51. The first-order valence-electron chi connectivity index (χ1n) is 8.47. The first kappa shape index (κ1) is 19.0. The molecule has 0 saturated heterocycles. The zero-order valence-electron chi connectivity index (χ0n) is 15.1. The Kier molecular flexibility index (Phi) is 5.55. The van der Waals surface area contributed by atoms with Crippen molar-refractivity contribution in [3.05, 3.63) is 28.2 Å². The standard InChI is InChI=1S/C18H25NO6/c1-5-24-16(22)12-10-19(15(21)9-14(12)20)13(8-11-6-7-11)17(23)25-18(2,3)4/h9-11,13,20H,5-8H2,1-4H3/t13-/m0/s1. The summed E-state index contributed by atoms with van der Waals surface area (Å²) in [4.78, 5) is 36.9. The average molecular weight is 351 g/mol. The van der Waals surface area contributed by atoms with E-state index in [4.69, 9.17) is 9.47 Å². The van der Waals surface area contributed by atoms with Gasteiger partial charge in [-0.25, -0.2) is 9.59 Å². The molecule has 1 heterocycles. The van der Waals surface area contributed by atoms with Crippen molar-refractivity contribution >= 4 is 11.9 Å². The number of carbonyl (C=O) groups is 2. The Morgan fingerprint density at radius 1 is 1.36 bits per heavy atom. The first-order chi connectivity index (χ1) is 11.6. The molecule has 1 aliphatic carbocycles. The maximum Gasteiger partial charge on any atom is 0.343 e. The minimum absolute atomic E-state index is 0.134. The number of esters is 2. The van der Waals surface area contributed by atoms with Gasteiger partial charge in [-0.1, -0.05) is 12.8 Å². The number of ether oxygens (including phenoxy) is 2. The van der Waals surface area contributed by atoms with E-state index in [0.29, 0.717) is 12.3 Å². The van der Waals surface area contributed by atoms with E-state index in [1.54, 1.807) is 27.7 Å². The van der Waals surface area contributed by atoms with Crippen molar-refractivity contribution in [2.24, 2.45) is 5.92 Å². The molecule has 1 aromatic heterocycles. The molecule has 0 unspecified atom stereocenters. The van der Waals surface area contributed by atoms with Crippen molar-refractivity contribution in [2.75, 3.05) is 6.61 Å². The molecular weight excluding hydrogens is 326 g/mol. The zero-order valence-corrected chi connectivity index (χ0v) is 15.1. The summed E-state index contributed by atoms with van der Waals surface area (Å²) in [5.41, 5.74) is -1.41. The third-order valence-corrected chi connectivity index (χ3v) is 3.82. The molecule has 0 spiro atoms. The second kappa shape index (κ2) is 7.29. The summed E-state index contributed by atoms with van der Waals surface area (Å²) in [7, 11) is 0. The third kappa shape index (κ3) is 5.08. The molecule has 138 valence electrons. The van der Waals surface area contributed by atoms with Gasteiger partial charge >= 0.3 is 11.9 Å². The molecular formula is C18H25NO6. The molecule has 0 radical (unpaired) electrons. The number of hydrogen-bond acceptors (Lipinski definition) is 6. The fourth-order valence-electron chi connectivity index (χ4n) is 2.51. The van der Waals surface area contributed by atoms with Crippen molar-refractivity contribution in [1.82, 2.24) is 4.57 Å². The van der Waals surface area contributed by atoms with Gasteiger partial charge in [-0.3, -0.25) is 4.79 Å². The van der Waals surface area contributed by atoms with Crippen LogP contribution in [0, 0.1) is 5.92 Å². The number of aromatic nitrogens is 1. The van der Waals surface area contributed by atoms with Crippen LogP contribution < -0.4 is 5.56 Å². The van der Waals surface area contributed by atoms with Gasteiger partial charge in [0.25, 0.3) is 5.56 Å². The van der Waals surface area contributed by atoms with Crippen LogP contribution in [0.1, 0.15) is 63.4 Å². The number of rotatable bonds is 6. The molecule has 0 bridgehead atoms. The summed E-state index contributed by atoms with van der Waals surface area (Å²) in [6, 6.07) is 0.0873. The summed E-state index contributed by atoms with van der Waals surface area (Å²) in [5.74, 6) is -1.39. The summed E-state index contributed by atoms with van der Waals surface area (Å²) < 4.78 is 11.5. The van der Waals surface area contributed by atoms with Crippen LogP contribution in [0.5, 0.6) is 5.75 Å². The van der Waals surface area contributed by atoms with Gasteiger partial charge in [0.15, 0.2) is 0 Å². The second-order valence-electron chi connectivity index (χ2n) is 7.27. The van der Waals surface area contributed by atoms with E-state index in [0.717, 1.165) is 18.9 Å². The lowest BCUT2D eigenvalue weighted by Gasteiger charge is -2.25. The molecule has 0 aliphatic heterocycles. The normalized spacial score (nSPS) is 15.5. The van der Waals surface area contributed by atoms with Crippen LogP contribution in [0.2, 0.25) is 0 Å². The predicted molar refractivity (Wildman–Crippen MR) is 90.5 cm³/mol. The monoisotopic (exact) mass is 351 g/mol. The Hall–Kier alpha value is -2.31. The molecule has 7 nitrogen and oxygen atoms in total. The molecule has 1 aliphatic rings. The predicted octanol–water partition coefficient (Wildman–Crippen LogP) is 2.41. The number of pyridine rings is 1. The lowest BCUT2D eigenvalue weighted by Crippen LogP contribution is -2.35. The molecule has 0 amide bonds. The summed E-state index contributed by atoms with van der Waals surface area (Å²) in [6.07, 6.45) is 3.64.